The Hall–Kier alpha value is -2.66. The molecule has 0 aliphatic heterocycles. The molecule has 0 bridgehead atoms. The topological polar surface area (TPSA) is 52.2 Å². The highest BCUT2D eigenvalue weighted by Crippen LogP contribution is 2.20. The summed E-state index contributed by atoms with van der Waals surface area (Å²) in [6, 6.07) is 18.7. The molecule has 0 N–H and O–H groups in total. The van der Waals surface area contributed by atoms with Crippen molar-refractivity contribution in [1.29, 1.82) is 0 Å². The Bertz CT molecular complexity index is 1140. The summed E-state index contributed by atoms with van der Waals surface area (Å²) in [4.78, 5) is 24.7. The van der Waals surface area contributed by atoms with Gasteiger partial charge in [-0.25, -0.2) is 4.79 Å². The fourth-order valence-electron chi connectivity index (χ4n) is 2.79. The number of ketones is 1. The van der Waals surface area contributed by atoms with Crippen molar-refractivity contribution in [3.63, 3.8) is 0 Å². The van der Waals surface area contributed by atoms with Gasteiger partial charge in [-0.1, -0.05) is 52.3 Å². The number of halogens is 1. The van der Waals surface area contributed by atoms with Gasteiger partial charge in [-0.3, -0.25) is 9.36 Å². The van der Waals surface area contributed by atoms with E-state index in [1.165, 1.54) is 4.57 Å². The van der Waals surface area contributed by atoms with Crippen molar-refractivity contribution in [3.8, 4) is 0 Å². The van der Waals surface area contributed by atoms with Crippen molar-refractivity contribution in [3.05, 3.63) is 81.3 Å². The van der Waals surface area contributed by atoms with E-state index in [0.29, 0.717) is 16.7 Å². The van der Waals surface area contributed by atoms with Gasteiger partial charge in [-0.15, -0.1) is 0 Å². The maximum Gasteiger partial charge on any atom is 0.420 e. The van der Waals surface area contributed by atoms with E-state index in [2.05, 4.69) is 15.9 Å². The van der Waals surface area contributed by atoms with Gasteiger partial charge in [0.05, 0.1) is 12.1 Å². The number of hydrogen-bond donors (Lipinski definition) is 0. The number of carbonyl (C=O) groups excluding carboxylic acids is 1. The number of rotatable bonds is 3. The molecule has 0 saturated heterocycles. The van der Waals surface area contributed by atoms with Gasteiger partial charge in [0.15, 0.2) is 11.4 Å². The van der Waals surface area contributed by atoms with Crippen LogP contribution in [-0.2, 0) is 6.54 Å². The molecule has 24 heavy (non-hydrogen) atoms. The Morgan fingerprint density at radius 3 is 2.62 bits per heavy atom. The highest BCUT2D eigenvalue weighted by Gasteiger charge is 2.14. The van der Waals surface area contributed by atoms with E-state index in [9.17, 15) is 9.59 Å². The van der Waals surface area contributed by atoms with Crippen LogP contribution in [0.15, 0.2) is 74.3 Å². The fraction of sp³-hybridized carbons (Fsp3) is 0.0526. The second-order valence-electron chi connectivity index (χ2n) is 5.55. The molecular formula is C19H12BrNO3. The van der Waals surface area contributed by atoms with E-state index in [4.69, 9.17) is 4.42 Å². The van der Waals surface area contributed by atoms with Crippen molar-refractivity contribution in [2.45, 2.75) is 6.54 Å². The lowest BCUT2D eigenvalue weighted by atomic mass is 10.0. The van der Waals surface area contributed by atoms with Crippen molar-refractivity contribution < 1.29 is 9.21 Å². The standard InChI is InChI=1S/C19H12BrNO3/c20-15-7-8-16-18(10-15)24-19(23)21(16)11-17(22)14-6-5-12-3-1-2-4-13(12)9-14/h1-10H,11H2. The molecule has 3 aromatic carbocycles. The molecule has 0 radical (unpaired) electrons. The molecule has 4 rings (SSSR count). The minimum atomic E-state index is -0.530. The van der Waals surface area contributed by atoms with Crippen LogP contribution in [0.2, 0.25) is 0 Å². The van der Waals surface area contributed by atoms with Crippen molar-refractivity contribution >= 4 is 43.6 Å². The second-order valence-corrected chi connectivity index (χ2v) is 6.47. The van der Waals surface area contributed by atoms with Gasteiger partial charge in [0.25, 0.3) is 0 Å². The summed E-state index contributed by atoms with van der Waals surface area (Å²) in [5, 5.41) is 2.07. The Balaban J connectivity index is 1.73. The first-order chi connectivity index (χ1) is 11.6. The average molecular weight is 382 g/mol. The molecule has 0 atom stereocenters. The van der Waals surface area contributed by atoms with Gasteiger partial charge < -0.3 is 4.42 Å². The van der Waals surface area contributed by atoms with Gasteiger partial charge in [-0.05, 0) is 35.0 Å². The monoisotopic (exact) mass is 381 g/mol. The first-order valence-electron chi connectivity index (χ1n) is 7.43. The molecule has 0 spiro atoms. The maximum absolute atomic E-state index is 12.6. The number of nitrogens with zero attached hydrogens (tertiary/aromatic N) is 1. The molecular weight excluding hydrogens is 370 g/mol. The minimum Gasteiger partial charge on any atom is -0.408 e. The number of Topliss-reactive ketones (excluding diaryl/α,β-unsaturated/α-hetero) is 1. The fourth-order valence-corrected chi connectivity index (χ4v) is 3.13. The van der Waals surface area contributed by atoms with Gasteiger partial charge in [0.1, 0.15) is 0 Å². The summed E-state index contributed by atoms with van der Waals surface area (Å²) in [6.45, 7) is -0.0498. The van der Waals surface area contributed by atoms with Crippen LogP contribution in [-0.4, -0.2) is 10.4 Å². The predicted molar refractivity (Wildman–Crippen MR) is 96.5 cm³/mol. The lowest BCUT2D eigenvalue weighted by molar-refractivity contribution is 0.0971. The first kappa shape index (κ1) is 14.9. The lowest BCUT2D eigenvalue weighted by Gasteiger charge is -2.04. The highest BCUT2D eigenvalue weighted by atomic mass is 79.9. The zero-order valence-electron chi connectivity index (χ0n) is 12.5. The SMILES string of the molecule is O=C(Cn1c(=O)oc2cc(Br)ccc21)c1ccc2ccccc2c1. The predicted octanol–water partition coefficient (Wildman–Crippen LogP) is 4.39. The van der Waals surface area contributed by atoms with Crippen molar-refractivity contribution in [2.24, 2.45) is 0 Å². The Morgan fingerprint density at radius 1 is 1.00 bits per heavy atom. The molecule has 0 aliphatic rings. The van der Waals surface area contributed by atoms with Gasteiger partial charge >= 0.3 is 5.76 Å². The third-order valence-electron chi connectivity index (χ3n) is 4.00. The molecule has 4 aromatic rings. The maximum atomic E-state index is 12.6. The van der Waals surface area contributed by atoms with Crippen molar-refractivity contribution in [1.82, 2.24) is 4.57 Å². The molecule has 1 heterocycles. The molecule has 0 amide bonds. The molecule has 5 heteroatoms. The zero-order valence-corrected chi connectivity index (χ0v) is 14.1. The van der Waals surface area contributed by atoms with Crippen molar-refractivity contribution in [2.75, 3.05) is 0 Å². The van der Waals surface area contributed by atoms with Crippen LogP contribution in [0.25, 0.3) is 21.9 Å². The van der Waals surface area contributed by atoms with E-state index in [-0.39, 0.29) is 12.3 Å². The normalized spacial score (nSPS) is 11.2. The third kappa shape index (κ3) is 2.57. The van der Waals surface area contributed by atoms with E-state index >= 15 is 0 Å². The van der Waals surface area contributed by atoms with E-state index in [0.717, 1.165) is 15.2 Å². The lowest BCUT2D eigenvalue weighted by Crippen LogP contribution is -2.20. The molecule has 0 aliphatic carbocycles. The molecule has 118 valence electrons. The van der Waals surface area contributed by atoms with E-state index in [1.54, 1.807) is 18.2 Å². The summed E-state index contributed by atoms with van der Waals surface area (Å²) >= 11 is 3.34. The van der Waals surface area contributed by atoms with Crippen LogP contribution < -0.4 is 5.76 Å². The third-order valence-corrected chi connectivity index (χ3v) is 4.50. The number of hydrogen-bond acceptors (Lipinski definition) is 3. The summed E-state index contributed by atoms with van der Waals surface area (Å²) in [7, 11) is 0. The smallest absolute Gasteiger partial charge is 0.408 e. The number of carbonyl (C=O) groups is 1. The molecule has 0 saturated carbocycles. The Labute approximate surface area is 145 Å². The summed E-state index contributed by atoms with van der Waals surface area (Å²) in [5.41, 5.74) is 1.64. The summed E-state index contributed by atoms with van der Waals surface area (Å²) in [6.07, 6.45) is 0. The zero-order chi connectivity index (χ0) is 16.7. The molecule has 4 nitrogen and oxygen atoms in total. The highest BCUT2D eigenvalue weighted by molar-refractivity contribution is 9.10. The number of benzene rings is 3. The van der Waals surface area contributed by atoms with Crippen LogP contribution in [0.4, 0.5) is 0 Å². The Morgan fingerprint density at radius 2 is 1.79 bits per heavy atom. The summed E-state index contributed by atoms with van der Waals surface area (Å²) in [5.74, 6) is -0.661. The van der Waals surface area contributed by atoms with Crippen LogP contribution in [0.1, 0.15) is 10.4 Å². The Kier molecular flexibility index (Phi) is 3.58. The number of fused-ring (bicyclic) bond motifs is 2. The largest absolute Gasteiger partial charge is 0.420 e. The van der Waals surface area contributed by atoms with E-state index in [1.807, 2.05) is 42.5 Å². The molecule has 1 aromatic heterocycles. The van der Waals surface area contributed by atoms with Gasteiger partial charge in [0, 0.05) is 10.0 Å². The van der Waals surface area contributed by atoms with Crippen LogP contribution in [0.5, 0.6) is 0 Å². The van der Waals surface area contributed by atoms with Crippen LogP contribution in [0, 0.1) is 0 Å². The van der Waals surface area contributed by atoms with Gasteiger partial charge in [0.2, 0.25) is 0 Å². The number of oxazole rings is 1. The minimum absolute atomic E-state index is 0.0498. The molecule has 0 fully saturated rings. The first-order valence-corrected chi connectivity index (χ1v) is 8.22. The second kappa shape index (κ2) is 5.76. The summed E-state index contributed by atoms with van der Waals surface area (Å²) < 4.78 is 7.39. The van der Waals surface area contributed by atoms with Crippen LogP contribution in [0.3, 0.4) is 0 Å². The van der Waals surface area contributed by atoms with Gasteiger partial charge in [-0.2, -0.15) is 0 Å². The quantitative estimate of drug-likeness (QED) is 0.494. The van der Waals surface area contributed by atoms with E-state index < -0.39 is 5.76 Å². The average Bonchev–Trinajstić information content (AvgIpc) is 2.89. The van der Waals surface area contributed by atoms with Crippen LogP contribution >= 0.6 is 15.9 Å². The number of aromatic nitrogens is 1. The molecule has 0 unspecified atom stereocenters.